The maximum absolute atomic E-state index is 12.5. The number of rotatable bonds is 9. The van der Waals surface area contributed by atoms with Crippen LogP contribution in [-0.4, -0.2) is 77.4 Å². The van der Waals surface area contributed by atoms with Crippen LogP contribution in [0.4, 0.5) is 5.69 Å². The van der Waals surface area contributed by atoms with Crippen LogP contribution in [0.3, 0.4) is 0 Å². The van der Waals surface area contributed by atoms with Gasteiger partial charge in [-0.25, -0.2) is 14.5 Å². The Morgan fingerprint density at radius 2 is 1.73 bits per heavy atom. The smallest absolute Gasteiger partial charge is 0.358 e. The van der Waals surface area contributed by atoms with E-state index in [0.717, 1.165) is 30.0 Å². The summed E-state index contributed by atoms with van der Waals surface area (Å²) in [5, 5.41) is 4.45. The van der Waals surface area contributed by atoms with Gasteiger partial charge in [0, 0.05) is 56.5 Å². The summed E-state index contributed by atoms with van der Waals surface area (Å²) >= 11 is 0. The highest BCUT2D eigenvalue weighted by molar-refractivity contribution is 5.89. The summed E-state index contributed by atoms with van der Waals surface area (Å²) in [7, 11) is 1.35. The molecule has 194 valence electrons. The number of esters is 2. The lowest BCUT2D eigenvalue weighted by atomic mass is 10.1. The van der Waals surface area contributed by atoms with Crippen molar-refractivity contribution in [1.29, 1.82) is 0 Å². The first-order valence-electron chi connectivity index (χ1n) is 12.4. The summed E-state index contributed by atoms with van der Waals surface area (Å²) in [6, 6.07) is 15.3. The lowest BCUT2D eigenvalue weighted by molar-refractivity contribution is -0.140. The maximum Gasteiger partial charge on any atom is 0.358 e. The number of aromatic nitrogens is 3. The van der Waals surface area contributed by atoms with Gasteiger partial charge in [0.1, 0.15) is 0 Å². The number of hydrogen-bond acceptors (Lipinski definition) is 8. The lowest BCUT2D eigenvalue weighted by Gasteiger charge is -2.36. The number of carbonyl (C=O) groups excluding carboxylic acids is 3. The number of anilines is 1. The first-order valence-corrected chi connectivity index (χ1v) is 12.4. The molecular weight excluding hydrogens is 474 g/mol. The van der Waals surface area contributed by atoms with E-state index in [1.54, 1.807) is 23.9 Å². The fraction of sp³-hybridized carbons (Fsp3) is 0.370. The van der Waals surface area contributed by atoms with Crippen LogP contribution in [0.25, 0.3) is 17.1 Å². The number of hydrogen-bond donors (Lipinski definition) is 0. The molecule has 0 bridgehead atoms. The second kappa shape index (κ2) is 12.2. The molecule has 1 aliphatic heterocycles. The number of benzene rings is 1. The molecule has 2 aromatic heterocycles. The average molecular weight is 506 g/mol. The van der Waals surface area contributed by atoms with Crippen molar-refractivity contribution in [3.8, 4) is 17.1 Å². The van der Waals surface area contributed by atoms with Gasteiger partial charge >= 0.3 is 11.9 Å². The lowest BCUT2D eigenvalue weighted by Crippen LogP contribution is -2.48. The van der Waals surface area contributed by atoms with Gasteiger partial charge in [-0.05, 0) is 43.7 Å². The summed E-state index contributed by atoms with van der Waals surface area (Å²) in [5.41, 5.74) is 2.89. The maximum atomic E-state index is 12.5. The molecule has 0 saturated carbocycles. The minimum absolute atomic E-state index is 0.0686. The van der Waals surface area contributed by atoms with Gasteiger partial charge in [-0.2, -0.15) is 5.10 Å². The second-order valence-corrected chi connectivity index (χ2v) is 8.58. The zero-order valence-electron chi connectivity index (χ0n) is 21.1. The van der Waals surface area contributed by atoms with Crippen LogP contribution in [0, 0.1) is 0 Å². The molecule has 0 spiro atoms. The molecule has 10 nitrogen and oxygen atoms in total. The molecular formula is C27H31N5O5. The first-order chi connectivity index (χ1) is 18.0. The molecule has 0 aliphatic carbocycles. The Hall–Kier alpha value is -4.21. The second-order valence-electron chi connectivity index (χ2n) is 8.58. The van der Waals surface area contributed by atoms with E-state index >= 15 is 0 Å². The zero-order valence-corrected chi connectivity index (χ0v) is 21.1. The van der Waals surface area contributed by atoms with Crippen molar-refractivity contribution in [2.75, 3.05) is 44.8 Å². The van der Waals surface area contributed by atoms with Gasteiger partial charge in [0.2, 0.25) is 5.91 Å². The Labute approximate surface area is 215 Å². The fourth-order valence-corrected chi connectivity index (χ4v) is 4.25. The third kappa shape index (κ3) is 6.32. The summed E-state index contributed by atoms with van der Waals surface area (Å²) < 4.78 is 11.4. The molecule has 1 aromatic carbocycles. The van der Waals surface area contributed by atoms with Crippen LogP contribution >= 0.6 is 0 Å². The van der Waals surface area contributed by atoms with Gasteiger partial charge in [0.05, 0.1) is 19.4 Å². The number of ether oxygens (including phenoxy) is 2. The minimum Gasteiger partial charge on any atom is -0.469 e. The molecule has 1 amide bonds. The highest BCUT2D eigenvalue weighted by Crippen LogP contribution is 2.27. The van der Waals surface area contributed by atoms with Crippen molar-refractivity contribution in [1.82, 2.24) is 19.7 Å². The van der Waals surface area contributed by atoms with E-state index in [9.17, 15) is 14.4 Å². The largest absolute Gasteiger partial charge is 0.469 e. The molecule has 1 aliphatic rings. The fourth-order valence-electron chi connectivity index (χ4n) is 4.25. The monoisotopic (exact) mass is 505 g/mol. The number of piperazine rings is 1. The van der Waals surface area contributed by atoms with E-state index in [4.69, 9.17) is 4.74 Å². The Morgan fingerprint density at radius 1 is 0.973 bits per heavy atom. The predicted molar refractivity (Wildman–Crippen MR) is 137 cm³/mol. The molecule has 0 unspecified atom stereocenters. The van der Waals surface area contributed by atoms with Crippen LogP contribution < -0.4 is 4.90 Å². The van der Waals surface area contributed by atoms with E-state index in [1.807, 2.05) is 47.4 Å². The van der Waals surface area contributed by atoms with Gasteiger partial charge in [-0.1, -0.05) is 18.2 Å². The highest BCUT2D eigenvalue weighted by Gasteiger charge is 2.22. The van der Waals surface area contributed by atoms with Crippen molar-refractivity contribution in [3.05, 3.63) is 60.4 Å². The summed E-state index contributed by atoms with van der Waals surface area (Å²) in [6.07, 6.45) is 2.79. The molecule has 3 heterocycles. The van der Waals surface area contributed by atoms with E-state index in [2.05, 4.69) is 19.7 Å². The van der Waals surface area contributed by atoms with E-state index in [1.165, 1.54) is 7.11 Å². The normalized spacial score (nSPS) is 13.4. The van der Waals surface area contributed by atoms with E-state index < -0.39 is 5.97 Å². The first kappa shape index (κ1) is 25.9. The molecule has 1 saturated heterocycles. The summed E-state index contributed by atoms with van der Waals surface area (Å²) in [4.78, 5) is 44.5. The Kier molecular flexibility index (Phi) is 8.50. The van der Waals surface area contributed by atoms with E-state index in [-0.39, 0.29) is 30.6 Å². The van der Waals surface area contributed by atoms with Gasteiger partial charge in [-0.15, -0.1) is 0 Å². The van der Waals surface area contributed by atoms with Crippen molar-refractivity contribution in [2.45, 2.75) is 26.2 Å². The average Bonchev–Trinajstić information content (AvgIpc) is 3.39. The number of amides is 1. The van der Waals surface area contributed by atoms with Crippen LogP contribution in [0.1, 0.15) is 36.7 Å². The molecule has 4 rings (SSSR count). The van der Waals surface area contributed by atoms with Gasteiger partial charge in [0.15, 0.2) is 11.5 Å². The zero-order chi connectivity index (χ0) is 26.2. The number of pyridine rings is 1. The number of nitrogens with zero attached hydrogens (tertiary/aromatic N) is 5. The topological polar surface area (TPSA) is 107 Å². The van der Waals surface area contributed by atoms with Crippen LogP contribution in [0.5, 0.6) is 0 Å². The molecule has 0 atom stereocenters. The highest BCUT2D eigenvalue weighted by atomic mass is 16.5. The molecule has 10 heteroatoms. The molecule has 3 aromatic rings. The predicted octanol–water partition coefficient (Wildman–Crippen LogP) is 3.10. The van der Waals surface area contributed by atoms with Gasteiger partial charge in [-0.3, -0.25) is 9.59 Å². The van der Waals surface area contributed by atoms with Crippen molar-refractivity contribution >= 4 is 23.5 Å². The molecule has 0 radical (unpaired) electrons. The van der Waals surface area contributed by atoms with Crippen LogP contribution in [-0.2, 0) is 19.1 Å². The Bertz CT molecular complexity index is 1220. The van der Waals surface area contributed by atoms with E-state index in [0.29, 0.717) is 31.7 Å². The van der Waals surface area contributed by atoms with Crippen molar-refractivity contribution in [2.24, 2.45) is 0 Å². The number of carbonyl (C=O) groups is 3. The molecule has 37 heavy (non-hydrogen) atoms. The Morgan fingerprint density at radius 3 is 2.38 bits per heavy atom. The van der Waals surface area contributed by atoms with Gasteiger partial charge < -0.3 is 19.3 Å². The van der Waals surface area contributed by atoms with Crippen LogP contribution in [0.15, 0.2) is 54.7 Å². The number of methoxy groups -OCH3 is 1. The third-order valence-corrected chi connectivity index (χ3v) is 6.22. The van der Waals surface area contributed by atoms with Crippen LogP contribution in [0.2, 0.25) is 0 Å². The third-order valence-electron chi connectivity index (χ3n) is 6.22. The minimum atomic E-state index is -0.479. The standard InChI is InChI=1S/C27H31N5O5/c1-3-37-27(35)22-19-23(32(29-22)24-7-4-5-14-28-24)20-10-12-21(13-11-20)30-15-17-31(18-16-30)25(33)8-6-9-26(34)36-2/h4-5,7,10-14,19H,3,6,8-9,15-18H2,1-2H3. The summed E-state index contributed by atoms with van der Waals surface area (Å²) in [6.45, 7) is 4.74. The van der Waals surface area contributed by atoms with Crippen molar-refractivity contribution in [3.63, 3.8) is 0 Å². The molecule has 1 fully saturated rings. The summed E-state index contributed by atoms with van der Waals surface area (Å²) in [5.74, 6) is -0.0994. The molecule has 0 N–H and O–H groups in total. The SMILES string of the molecule is CCOC(=O)c1cc(-c2ccc(N3CCN(C(=O)CCCC(=O)OC)CC3)cc2)n(-c2ccccn2)n1. The van der Waals surface area contributed by atoms with Gasteiger partial charge in [0.25, 0.3) is 0 Å². The quantitative estimate of drug-likeness (QED) is 0.409. The Balaban J connectivity index is 1.43. The van der Waals surface area contributed by atoms with Crippen molar-refractivity contribution < 1.29 is 23.9 Å².